The molecule has 1 aliphatic rings. The van der Waals surface area contributed by atoms with Crippen molar-refractivity contribution in [3.05, 3.63) is 58.7 Å². The van der Waals surface area contributed by atoms with Crippen molar-refractivity contribution in [2.24, 2.45) is 0 Å². The molecule has 3 heteroatoms. The summed E-state index contributed by atoms with van der Waals surface area (Å²) >= 11 is 0. The van der Waals surface area contributed by atoms with Gasteiger partial charge in [-0.3, -0.25) is 4.79 Å². The summed E-state index contributed by atoms with van der Waals surface area (Å²) in [6.45, 7) is 10.4. The van der Waals surface area contributed by atoms with Crippen LogP contribution in [0.1, 0.15) is 74.6 Å². The fourth-order valence-electron chi connectivity index (χ4n) is 4.49. The van der Waals surface area contributed by atoms with E-state index in [0.717, 1.165) is 60.2 Å². The fraction of sp³-hybridized carbons (Fsp3) is 0.500. The zero-order chi connectivity index (χ0) is 21.0. The van der Waals surface area contributed by atoms with Crippen LogP contribution in [0.3, 0.4) is 0 Å². The number of benzene rings is 2. The van der Waals surface area contributed by atoms with Gasteiger partial charge < -0.3 is 10.1 Å². The molecule has 2 aromatic carbocycles. The molecule has 0 spiro atoms. The van der Waals surface area contributed by atoms with E-state index < -0.39 is 5.41 Å². The highest BCUT2D eigenvalue weighted by atomic mass is 16.5. The molecular formula is C26H35NO2. The molecule has 0 saturated heterocycles. The summed E-state index contributed by atoms with van der Waals surface area (Å²) in [5.41, 5.74) is 4.91. The van der Waals surface area contributed by atoms with Crippen molar-refractivity contribution < 1.29 is 9.53 Å². The molecule has 3 nitrogen and oxygen atoms in total. The Balaban J connectivity index is 1.89. The molecule has 3 rings (SSSR count). The van der Waals surface area contributed by atoms with Crippen molar-refractivity contribution in [3.63, 3.8) is 0 Å². The molecule has 1 fully saturated rings. The maximum atomic E-state index is 13.6. The summed E-state index contributed by atoms with van der Waals surface area (Å²) in [7, 11) is 0. The maximum Gasteiger partial charge on any atom is 0.235 e. The van der Waals surface area contributed by atoms with E-state index in [1.165, 1.54) is 12.0 Å². The third kappa shape index (κ3) is 4.66. The third-order valence-electron chi connectivity index (χ3n) is 6.32. The van der Waals surface area contributed by atoms with Crippen LogP contribution in [0.15, 0.2) is 36.4 Å². The smallest absolute Gasteiger partial charge is 0.235 e. The summed E-state index contributed by atoms with van der Waals surface area (Å²) in [4.78, 5) is 13.6. The van der Waals surface area contributed by atoms with Crippen molar-refractivity contribution in [2.45, 2.75) is 84.7 Å². The molecule has 1 amide bonds. The molecule has 0 heterocycles. The Morgan fingerprint density at radius 3 is 2.31 bits per heavy atom. The van der Waals surface area contributed by atoms with E-state index in [1.807, 2.05) is 12.1 Å². The van der Waals surface area contributed by atoms with Gasteiger partial charge in [0.2, 0.25) is 5.91 Å². The molecule has 1 N–H and O–H groups in total. The largest absolute Gasteiger partial charge is 0.490 e. The predicted octanol–water partition coefficient (Wildman–Crippen LogP) is 6.63. The molecular weight excluding hydrogens is 358 g/mol. The average molecular weight is 394 g/mol. The van der Waals surface area contributed by atoms with Crippen LogP contribution in [0.4, 0.5) is 5.69 Å². The Bertz CT molecular complexity index is 842. The zero-order valence-corrected chi connectivity index (χ0v) is 18.6. The highest BCUT2D eigenvalue weighted by Crippen LogP contribution is 2.41. The van der Waals surface area contributed by atoms with E-state index in [9.17, 15) is 4.79 Å². The Kier molecular flexibility index (Phi) is 6.66. The van der Waals surface area contributed by atoms with Crippen LogP contribution in [0.5, 0.6) is 5.75 Å². The van der Waals surface area contributed by atoms with Gasteiger partial charge in [0.15, 0.2) is 0 Å². The van der Waals surface area contributed by atoms with Gasteiger partial charge in [0.05, 0.1) is 11.5 Å². The van der Waals surface area contributed by atoms with Gasteiger partial charge in [-0.15, -0.1) is 0 Å². The third-order valence-corrected chi connectivity index (χ3v) is 6.32. The number of ether oxygens (including phenoxy) is 1. The number of hydrogen-bond acceptors (Lipinski definition) is 2. The van der Waals surface area contributed by atoms with Gasteiger partial charge in [-0.25, -0.2) is 0 Å². The number of carbonyl (C=O) groups is 1. The highest BCUT2D eigenvalue weighted by molar-refractivity contribution is 5.99. The SMILES string of the molecule is CCC(C)Oc1c(C)cc(NC(=O)C2(c3cccc(C)c3)CCCCC2)cc1C. The minimum atomic E-state index is -0.433. The van der Waals surface area contributed by atoms with E-state index in [4.69, 9.17) is 4.74 Å². The summed E-state index contributed by atoms with van der Waals surface area (Å²) < 4.78 is 6.09. The molecule has 0 aromatic heterocycles. The molecule has 2 aromatic rings. The van der Waals surface area contributed by atoms with E-state index >= 15 is 0 Å². The van der Waals surface area contributed by atoms with Crippen LogP contribution < -0.4 is 10.1 Å². The number of carbonyl (C=O) groups excluding carboxylic acids is 1. The van der Waals surface area contributed by atoms with Gasteiger partial charge in [0, 0.05) is 5.69 Å². The molecule has 0 radical (unpaired) electrons. The van der Waals surface area contributed by atoms with Gasteiger partial charge in [-0.2, -0.15) is 0 Å². The Morgan fingerprint density at radius 2 is 1.72 bits per heavy atom. The second-order valence-electron chi connectivity index (χ2n) is 8.74. The molecule has 29 heavy (non-hydrogen) atoms. The van der Waals surface area contributed by atoms with Crippen molar-refractivity contribution in [1.82, 2.24) is 0 Å². The fourth-order valence-corrected chi connectivity index (χ4v) is 4.49. The second kappa shape index (κ2) is 9.02. The van der Waals surface area contributed by atoms with E-state index in [0.29, 0.717) is 0 Å². The van der Waals surface area contributed by atoms with Crippen molar-refractivity contribution in [3.8, 4) is 5.75 Å². The van der Waals surface area contributed by atoms with Gasteiger partial charge in [0.25, 0.3) is 0 Å². The molecule has 1 unspecified atom stereocenters. The second-order valence-corrected chi connectivity index (χ2v) is 8.74. The lowest BCUT2D eigenvalue weighted by molar-refractivity contribution is -0.122. The first kappa shape index (κ1) is 21.4. The first-order valence-corrected chi connectivity index (χ1v) is 11.0. The monoisotopic (exact) mass is 393 g/mol. The Morgan fingerprint density at radius 1 is 1.07 bits per heavy atom. The van der Waals surface area contributed by atoms with Crippen LogP contribution in [0.25, 0.3) is 0 Å². The topological polar surface area (TPSA) is 38.3 Å². The highest BCUT2D eigenvalue weighted by Gasteiger charge is 2.41. The number of hydrogen-bond donors (Lipinski definition) is 1. The Hall–Kier alpha value is -2.29. The zero-order valence-electron chi connectivity index (χ0n) is 18.6. The first-order valence-electron chi connectivity index (χ1n) is 11.0. The van der Waals surface area contributed by atoms with Crippen molar-refractivity contribution in [1.29, 1.82) is 0 Å². The van der Waals surface area contributed by atoms with Crippen molar-refractivity contribution in [2.75, 3.05) is 5.32 Å². The van der Waals surface area contributed by atoms with Crippen molar-refractivity contribution >= 4 is 11.6 Å². The van der Waals surface area contributed by atoms with Crippen LogP contribution in [0, 0.1) is 20.8 Å². The van der Waals surface area contributed by atoms with Crippen LogP contribution >= 0.6 is 0 Å². The quantitative estimate of drug-likeness (QED) is 0.598. The molecule has 0 aliphatic heterocycles. The number of aryl methyl sites for hydroxylation is 3. The van der Waals surface area contributed by atoms with Gasteiger partial charge in [-0.1, -0.05) is 56.0 Å². The summed E-state index contributed by atoms with van der Waals surface area (Å²) in [5, 5.41) is 3.25. The number of amides is 1. The average Bonchev–Trinajstić information content (AvgIpc) is 2.71. The number of anilines is 1. The summed E-state index contributed by atoms with van der Waals surface area (Å²) in [6, 6.07) is 12.6. The number of rotatable bonds is 6. The molecule has 1 aliphatic carbocycles. The Labute approximate surface area is 175 Å². The van der Waals surface area contributed by atoms with E-state index in [-0.39, 0.29) is 12.0 Å². The number of nitrogens with one attached hydrogen (secondary N) is 1. The minimum absolute atomic E-state index is 0.122. The normalized spacial score (nSPS) is 16.9. The lowest BCUT2D eigenvalue weighted by Crippen LogP contribution is -2.42. The molecule has 1 saturated carbocycles. The van der Waals surface area contributed by atoms with Gasteiger partial charge in [0.1, 0.15) is 5.75 Å². The van der Waals surface area contributed by atoms with Gasteiger partial charge in [-0.05, 0) is 75.8 Å². The van der Waals surface area contributed by atoms with Crippen LogP contribution in [-0.4, -0.2) is 12.0 Å². The predicted molar refractivity (Wildman–Crippen MR) is 121 cm³/mol. The summed E-state index contributed by atoms with van der Waals surface area (Å²) in [6.07, 6.45) is 6.38. The van der Waals surface area contributed by atoms with Crippen LogP contribution in [-0.2, 0) is 10.2 Å². The summed E-state index contributed by atoms with van der Waals surface area (Å²) in [5.74, 6) is 1.06. The minimum Gasteiger partial charge on any atom is -0.490 e. The standard InChI is InChI=1S/C26H35NO2/c1-6-21(5)29-24-19(3)16-23(17-20(24)4)27-25(28)26(13-8-7-9-14-26)22-12-10-11-18(2)15-22/h10-12,15-17,21H,6-9,13-14H2,1-5H3,(H,27,28). The lowest BCUT2D eigenvalue weighted by Gasteiger charge is -2.36. The first-order chi connectivity index (χ1) is 13.9. The molecule has 156 valence electrons. The van der Waals surface area contributed by atoms with E-state index in [2.05, 4.69) is 64.2 Å². The molecule has 0 bridgehead atoms. The lowest BCUT2D eigenvalue weighted by atomic mass is 9.68. The maximum absolute atomic E-state index is 13.6. The molecule has 1 atom stereocenters. The van der Waals surface area contributed by atoms with E-state index in [1.54, 1.807) is 0 Å². The van der Waals surface area contributed by atoms with Crippen LogP contribution in [0.2, 0.25) is 0 Å². The van der Waals surface area contributed by atoms with Gasteiger partial charge >= 0.3 is 0 Å².